The molecule has 0 aliphatic carbocycles. The number of ether oxygens (including phenoxy) is 1. The summed E-state index contributed by atoms with van der Waals surface area (Å²) in [5.41, 5.74) is 1.12. The lowest BCUT2D eigenvalue weighted by atomic mass is 10.2. The number of hydrogen-bond donors (Lipinski definition) is 2. The number of anilines is 1. The molecule has 1 aromatic rings. The van der Waals surface area contributed by atoms with Crippen molar-refractivity contribution in [3.63, 3.8) is 0 Å². The molecule has 5 nitrogen and oxygen atoms in total. The molecule has 0 unspecified atom stereocenters. The van der Waals surface area contributed by atoms with Crippen molar-refractivity contribution in [1.29, 1.82) is 5.26 Å². The van der Waals surface area contributed by atoms with Gasteiger partial charge in [-0.3, -0.25) is 0 Å². The number of urea groups is 1. The Morgan fingerprint density at radius 2 is 2.26 bits per heavy atom. The lowest BCUT2D eigenvalue weighted by molar-refractivity contribution is 0.0775. The number of nitriles is 1. The molecule has 0 fully saturated rings. The van der Waals surface area contributed by atoms with E-state index >= 15 is 0 Å². The van der Waals surface area contributed by atoms with Gasteiger partial charge in [-0.25, -0.2) is 4.79 Å². The quantitative estimate of drug-likeness (QED) is 0.773. The van der Waals surface area contributed by atoms with Crippen LogP contribution in [-0.4, -0.2) is 25.3 Å². The number of nitrogens with zero attached hydrogens (tertiary/aromatic N) is 1. The minimum absolute atomic E-state index is 0.211. The highest BCUT2D eigenvalue weighted by atomic mass is 16.5. The highest BCUT2D eigenvalue weighted by molar-refractivity contribution is 5.89. The number of carbonyl (C=O) groups is 1. The SMILES string of the molecule is CC(C)OCCCNC(=O)Nc1cccc(C#N)c1. The van der Waals surface area contributed by atoms with Crippen molar-refractivity contribution >= 4 is 11.7 Å². The molecule has 0 aromatic heterocycles. The number of hydrogen-bond acceptors (Lipinski definition) is 3. The standard InChI is InChI=1S/C14H19N3O2/c1-11(2)19-8-4-7-16-14(18)17-13-6-3-5-12(9-13)10-15/h3,5-6,9,11H,4,7-8H2,1-2H3,(H2,16,17,18). The van der Waals surface area contributed by atoms with E-state index in [-0.39, 0.29) is 12.1 Å². The van der Waals surface area contributed by atoms with Gasteiger partial charge in [0.1, 0.15) is 0 Å². The minimum Gasteiger partial charge on any atom is -0.379 e. The molecular weight excluding hydrogens is 242 g/mol. The van der Waals surface area contributed by atoms with Crippen molar-refractivity contribution < 1.29 is 9.53 Å². The summed E-state index contributed by atoms with van der Waals surface area (Å²) in [7, 11) is 0. The van der Waals surface area contributed by atoms with Crippen LogP contribution in [0.5, 0.6) is 0 Å². The first-order valence-corrected chi connectivity index (χ1v) is 6.28. The third kappa shape index (κ3) is 6.43. The molecule has 1 rings (SSSR count). The zero-order valence-corrected chi connectivity index (χ0v) is 11.3. The van der Waals surface area contributed by atoms with E-state index in [0.29, 0.717) is 24.4 Å². The van der Waals surface area contributed by atoms with Gasteiger partial charge < -0.3 is 15.4 Å². The van der Waals surface area contributed by atoms with Crippen LogP contribution in [0, 0.1) is 11.3 Å². The molecule has 0 aliphatic rings. The average Bonchev–Trinajstić information content (AvgIpc) is 2.38. The van der Waals surface area contributed by atoms with Crippen molar-refractivity contribution in [3.05, 3.63) is 29.8 Å². The number of nitrogens with one attached hydrogen (secondary N) is 2. The molecule has 0 bridgehead atoms. The van der Waals surface area contributed by atoms with Crippen LogP contribution in [0.4, 0.5) is 10.5 Å². The predicted octanol–water partition coefficient (Wildman–Crippen LogP) is 2.49. The number of carbonyl (C=O) groups excluding carboxylic acids is 1. The first-order chi connectivity index (χ1) is 9.11. The molecule has 0 heterocycles. The Morgan fingerprint density at radius 1 is 1.47 bits per heavy atom. The molecule has 0 saturated heterocycles. The maximum absolute atomic E-state index is 11.6. The van der Waals surface area contributed by atoms with E-state index in [1.54, 1.807) is 24.3 Å². The molecule has 0 saturated carbocycles. The molecule has 0 radical (unpaired) electrons. The van der Waals surface area contributed by atoms with Crippen LogP contribution in [0.1, 0.15) is 25.8 Å². The summed E-state index contributed by atoms with van der Waals surface area (Å²) in [4.78, 5) is 11.6. The van der Waals surface area contributed by atoms with Gasteiger partial charge in [0.25, 0.3) is 0 Å². The smallest absolute Gasteiger partial charge is 0.319 e. The summed E-state index contributed by atoms with van der Waals surface area (Å²) in [5, 5.41) is 14.2. The Kier molecular flexibility index (Phi) is 6.41. The highest BCUT2D eigenvalue weighted by Crippen LogP contribution is 2.09. The van der Waals surface area contributed by atoms with Crippen molar-refractivity contribution in [1.82, 2.24) is 5.32 Å². The number of rotatable bonds is 6. The average molecular weight is 261 g/mol. The zero-order chi connectivity index (χ0) is 14.1. The Labute approximate surface area is 113 Å². The molecule has 5 heteroatoms. The van der Waals surface area contributed by atoms with Crippen LogP contribution < -0.4 is 10.6 Å². The third-order valence-electron chi connectivity index (χ3n) is 2.31. The van der Waals surface area contributed by atoms with Crippen LogP contribution in [0.15, 0.2) is 24.3 Å². The zero-order valence-electron chi connectivity index (χ0n) is 11.3. The summed E-state index contributed by atoms with van der Waals surface area (Å²) < 4.78 is 5.36. The van der Waals surface area contributed by atoms with Gasteiger partial charge in [0.05, 0.1) is 17.7 Å². The molecule has 0 atom stereocenters. The predicted molar refractivity (Wildman–Crippen MR) is 73.9 cm³/mol. The summed E-state index contributed by atoms with van der Waals surface area (Å²) in [5.74, 6) is 0. The van der Waals surface area contributed by atoms with Gasteiger partial charge in [-0.15, -0.1) is 0 Å². The summed E-state index contributed by atoms with van der Waals surface area (Å²) in [6.07, 6.45) is 0.978. The minimum atomic E-state index is -0.278. The number of amides is 2. The fourth-order valence-corrected chi connectivity index (χ4v) is 1.43. The van der Waals surface area contributed by atoms with Gasteiger partial charge in [0.15, 0.2) is 0 Å². The van der Waals surface area contributed by atoms with Crippen LogP contribution in [-0.2, 0) is 4.74 Å². The second-order valence-corrected chi connectivity index (χ2v) is 4.35. The molecular formula is C14H19N3O2. The summed E-state index contributed by atoms with van der Waals surface area (Å²) in [6.45, 7) is 5.13. The van der Waals surface area contributed by atoms with Crippen molar-refractivity contribution in [3.8, 4) is 6.07 Å². The van der Waals surface area contributed by atoms with Gasteiger partial charge in [-0.2, -0.15) is 5.26 Å². The molecule has 2 amide bonds. The Hall–Kier alpha value is -2.06. The Balaban J connectivity index is 2.25. The molecule has 1 aromatic carbocycles. The third-order valence-corrected chi connectivity index (χ3v) is 2.31. The van der Waals surface area contributed by atoms with E-state index in [9.17, 15) is 4.79 Å². The monoisotopic (exact) mass is 261 g/mol. The van der Waals surface area contributed by atoms with E-state index in [2.05, 4.69) is 10.6 Å². The highest BCUT2D eigenvalue weighted by Gasteiger charge is 2.01. The fraction of sp³-hybridized carbons (Fsp3) is 0.429. The summed E-state index contributed by atoms with van der Waals surface area (Å²) in [6, 6.07) is 8.52. The van der Waals surface area contributed by atoms with E-state index < -0.39 is 0 Å². The largest absolute Gasteiger partial charge is 0.379 e. The van der Waals surface area contributed by atoms with Gasteiger partial charge in [-0.1, -0.05) is 6.07 Å². The van der Waals surface area contributed by atoms with E-state index in [1.165, 1.54) is 0 Å². The lowest BCUT2D eigenvalue weighted by Crippen LogP contribution is -2.30. The van der Waals surface area contributed by atoms with Crippen LogP contribution in [0.3, 0.4) is 0 Å². The van der Waals surface area contributed by atoms with Crippen LogP contribution in [0.2, 0.25) is 0 Å². The van der Waals surface area contributed by atoms with Crippen molar-refractivity contribution in [2.75, 3.05) is 18.5 Å². The van der Waals surface area contributed by atoms with Crippen molar-refractivity contribution in [2.24, 2.45) is 0 Å². The second-order valence-electron chi connectivity index (χ2n) is 4.35. The normalized spacial score (nSPS) is 10.0. The first kappa shape index (κ1) is 15.0. The van der Waals surface area contributed by atoms with Gasteiger partial charge in [0.2, 0.25) is 0 Å². The van der Waals surface area contributed by atoms with Crippen LogP contribution >= 0.6 is 0 Å². The maximum Gasteiger partial charge on any atom is 0.319 e. The lowest BCUT2D eigenvalue weighted by Gasteiger charge is -2.09. The number of benzene rings is 1. The summed E-state index contributed by atoms with van der Waals surface area (Å²) >= 11 is 0. The van der Waals surface area contributed by atoms with Crippen molar-refractivity contribution in [2.45, 2.75) is 26.4 Å². The van der Waals surface area contributed by atoms with Gasteiger partial charge in [0, 0.05) is 18.8 Å². The van der Waals surface area contributed by atoms with Gasteiger partial charge >= 0.3 is 6.03 Å². The molecule has 0 aliphatic heterocycles. The van der Waals surface area contributed by atoms with Crippen LogP contribution in [0.25, 0.3) is 0 Å². The van der Waals surface area contributed by atoms with Gasteiger partial charge in [-0.05, 0) is 38.5 Å². The topological polar surface area (TPSA) is 74.2 Å². The fourth-order valence-electron chi connectivity index (χ4n) is 1.43. The Morgan fingerprint density at radius 3 is 2.95 bits per heavy atom. The van der Waals surface area contributed by atoms with E-state index in [4.69, 9.17) is 10.00 Å². The maximum atomic E-state index is 11.6. The van der Waals surface area contributed by atoms with E-state index in [0.717, 1.165) is 6.42 Å². The second kappa shape index (κ2) is 8.11. The Bertz CT molecular complexity index is 452. The molecule has 0 spiro atoms. The van der Waals surface area contributed by atoms with E-state index in [1.807, 2.05) is 19.9 Å². The molecule has 19 heavy (non-hydrogen) atoms. The molecule has 102 valence electrons. The first-order valence-electron chi connectivity index (χ1n) is 6.28. The molecule has 2 N–H and O–H groups in total.